The van der Waals surface area contributed by atoms with E-state index in [2.05, 4.69) is 54.8 Å². The Labute approximate surface area is 178 Å². The van der Waals surface area contributed by atoms with Crippen LogP contribution in [0, 0.1) is 5.92 Å². The van der Waals surface area contributed by atoms with Crippen molar-refractivity contribution in [1.82, 2.24) is 9.80 Å². The van der Waals surface area contributed by atoms with Crippen molar-refractivity contribution >= 4 is 5.91 Å². The van der Waals surface area contributed by atoms with Crippen LogP contribution in [0.3, 0.4) is 0 Å². The lowest BCUT2D eigenvalue weighted by Crippen LogP contribution is -2.40. The number of amides is 1. The highest BCUT2D eigenvalue weighted by molar-refractivity contribution is 5.76. The third-order valence-corrected chi connectivity index (χ3v) is 6.92. The molecule has 29 heavy (non-hydrogen) atoms. The maximum atomic E-state index is 13.1. The largest absolute Gasteiger partial charge is 0.337 e. The quantitative estimate of drug-likeness (QED) is 0.555. The van der Waals surface area contributed by atoms with E-state index in [0.29, 0.717) is 5.91 Å². The molecule has 0 spiro atoms. The smallest absolute Gasteiger partial charge is 0.222 e. The molecule has 2 fully saturated rings. The van der Waals surface area contributed by atoms with Crippen LogP contribution in [0.25, 0.3) is 0 Å². The molecule has 0 unspecified atom stereocenters. The summed E-state index contributed by atoms with van der Waals surface area (Å²) >= 11 is 0. The van der Waals surface area contributed by atoms with Gasteiger partial charge in [0, 0.05) is 26.1 Å². The van der Waals surface area contributed by atoms with E-state index < -0.39 is 0 Å². The van der Waals surface area contributed by atoms with Gasteiger partial charge < -0.3 is 9.80 Å². The lowest BCUT2D eigenvalue weighted by Gasteiger charge is -2.30. The summed E-state index contributed by atoms with van der Waals surface area (Å²) in [7, 11) is 0. The molecule has 2 aliphatic rings. The van der Waals surface area contributed by atoms with Crippen molar-refractivity contribution in [1.29, 1.82) is 0 Å². The average Bonchev–Trinajstić information content (AvgIpc) is 3.23. The van der Waals surface area contributed by atoms with Crippen LogP contribution in [-0.4, -0.2) is 41.9 Å². The Kier molecular flexibility index (Phi) is 8.17. The zero-order valence-electron chi connectivity index (χ0n) is 19.1. The number of hydrogen-bond acceptors (Lipinski definition) is 2. The molecule has 1 aliphatic heterocycles. The fourth-order valence-corrected chi connectivity index (χ4v) is 4.85. The molecule has 1 saturated heterocycles. The summed E-state index contributed by atoms with van der Waals surface area (Å²) in [5.74, 6) is 1.14. The average molecular weight is 399 g/mol. The van der Waals surface area contributed by atoms with E-state index in [-0.39, 0.29) is 5.41 Å². The van der Waals surface area contributed by atoms with E-state index in [4.69, 9.17) is 0 Å². The van der Waals surface area contributed by atoms with Gasteiger partial charge in [-0.25, -0.2) is 0 Å². The summed E-state index contributed by atoms with van der Waals surface area (Å²) in [5, 5.41) is 0. The highest BCUT2D eigenvalue weighted by Gasteiger charge is 2.21. The number of hydrogen-bond donors (Lipinski definition) is 0. The van der Waals surface area contributed by atoms with Crippen LogP contribution < -0.4 is 0 Å². The van der Waals surface area contributed by atoms with Crippen molar-refractivity contribution in [2.75, 3.05) is 26.2 Å². The summed E-state index contributed by atoms with van der Waals surface area (Å²) < 4.78 is 0. The molecule has 1 aromatic carbocycles. The van der Waals surface area contributed by atoms with Gasteiger partial charge in [-0.1, -0.05) is 77.1 Å². The molecule has 3 nitrogen and oxygen atoms in total. The predicted octanol–water partition coefficient (Wildman–Crippen LogP) is 5.77. The maximum absolute atomic E-state index is 13.1. The monoisotopic (exact) mass is 398 g/mol. The molecule has 3 rings (SSSR count). The molecule has 0 N–H and O–H groups in total. The Bertz CT molecular complexity index is 619. The number of nitrogens with zero attached hydrogens (tertiary/aromatic N) is 2. The zero-order chi connectivity index (χ0) is 20.7. The first-order valence-electron chi connectivity index (χ1n) is 12.0. The normalized spacial score (nSPS) is 18.9. The summed E-state index contributed by atoms with van der Waals surface area (Å²) in [6.07, 6.45) is 11.2. The second-order valence-electron chi connectivity index (χ2n) is 10.4. The van der Waals surface area contributed by atoms with Gasteiger partial charge >= 0.3 is 0 Å². The molecule has 1 heterocycles. The molecule has 1 saturated carbocycles. The molecule has 1 aromatic rings. The number of carbonyl (C=O) groups is 1. The summed E-state index contributed by atoms with van der Waals surface area (Å²) in [6.45, 7) is 11.8. The van der Waals surface area contributed by atoms with E-state index in [1.165, 1.54) is 69.2 Å². The lowest BCUT2D eigenvalue weighted by molar-refractivity contribution is -0.132. The summed E-state index contributed by atoms with van der Waals surface area (Å²) in [4.78, 5) is 17.8. The molecule has 0 radical (unpaired) electrons. The topological polar surface area (TPSA) is 23.6 Å². The number of piperidine rings is 1. The van der Waals surface area contributed by atoms with E-state index in [9.17, 15) is 4.79 Å². The van der Waals surface area contributed by atoms with Crippen LogP contribution in [0.4, 0.5) is 0 Å². The van der Waals surface area contributed by atoms with Crippen molar-refractivity contribution in [3.8, 4) is 0 Å². The number of rotatable bonds is 8. The van der Waals surface area contributed by atoms with Crippen molar-refractivity contribution in [3.05, 3.63) is 35.4 Å². The van der Waals surface area contributed by atoms with E-state index in [1.54, 1.807) is 0 Å². The molecule has 162 valence electrons. The Balaban J connectivity index is 1.59. The van der Waals surface area contributed by atoms with Crippen molar-refractivity contribution in [2.45, 2.75) is 90.5 Å². The number of benzene rings is 1. The highest BCUT2D eigenvalue weighted by atomic mass is 16.2. The van der Waals surface area contributed by atoms with E-state index in [0.717, 1.165) is 38.4 Å². The molecular weight excluding hydrogens is 356 g/mol. The molecule has 1 aliphatic carbocycles. The third-order valence-electron chi connectivity index (χ3n) is 6.92. The van der Waals surface area contributed by atoms with Gasteiger partial charge in [0.05, 0.1) is 0 Å². The predicted molar refractivity (Wildman–Crippen MR) is 122 cm³/mol. The Morgan fingerprint density at radius 3 is 2.28 bits per heavy atom. The molecule has 1 amide bonds. The molecule has 0 bridgehead atoms. The van der Waals surface area contributed by atoms with Gasteiger partial charge in [0.2, 0.25) is 5.91 Å². The summed E-state index contributed by atoms with van der Waals surface area (Å²) in [5.41, 5.74) is 2.78. The Hall–Kier alpha value is -1.35. The van der Waals surface area contributed by atoms with Gasteiger partial charge in [0.1, 0.15) is 0 Å². The zero-order valence-corrected chi connectivity index (χ0v) is 19.1. The van der Waals surface area contributed by atoms with Gasteiger partial charge in [-0.05, 0) is 54.8 Å². The van der Waals surface area contributed by atoms with Crippen LogP contribution in [0.2, 0.25) is 0 Å². The van der Waals surface area contributed by atoms with E-state index in [1.807, 2.05) is 0 Å². The van der Waals surface area contributed by atoms with Crippen molar-refractivity contribution in [2.24, 2.45) is 5.92 Å². The Morgan fingerprint density at radius 1 is 1.00 bits per heavy atom. The molecule has 0 aromatic heterocycles. The second kappa shape index (κ2) is 10.6. The van der Waals surface area contributed by atoms with Gasteiger partial charge in [0.15, 0.2) is 0 Å². The SMILES string of the molecule is CC(C)(C)c1ccc(CN(CCN2CCCCC2)C(=O)CCC2CCCC2)cc1. The standard InChI is InChI=1S/C26H42N2O/c1-26(2,3)24-14-11-23(12-15-24)21-28(20-19-27-17-7-4-8-18-27)25(29)16-13-22-9-5-6-10-22/h11-12,14-15,22H,4-10,13,16-21H2,1-3H3. The summed E-state index contributed by atoms with van der Waals surface area (Å²) in [6, 6.07) is 8.92. The van der Waals surface area contributed by atoms with Gasteiger partial charge in [0.25, 0.3) is 0 Å². The minimum Gasteiger partial charge on any atom is -0.337 e. The van der Waals surface area contributed by atoms with Gasteiger partial charge in [-0.3, -0.25) is 4.79 Å². The van der Waals surface area contributed by atoms with Crippen LogP contribution in [0.1, 0.15) is 89.7 Å². The second-order valence-corrected chi connectivity index (χ2v) is 10.4. The Morgan fingerprint density at radius 2 is 1.66 bits per heavy atom. The molecule has 3 heteroatoms. The minimum absolute atomic E-state index is 0.170. The molecular formula is C26H42N2O. The van der Waals surface area contributed by atoms with Crippen molar-refractivity contribution in [3.63, 3.8) is 0 Å². The van der Waals surface area contributed by atoms with E-state index >= 15 is 0 Å². The first-order valence-corrected chi connectivity index (χ1v) is 12.0. The first kappa shape index (κ1) is 22.3. The third kappa shape index (κ3) is 7.13. The van der Waals surface area contributed by atoms with Crippen molar-refractivity contribution < 1.29 is 4.79 Å². The first-order chi connectivity index (χ1) is 13.9. The maximum Gasteiger partial charge on any atom is 0.222 e. The number of likely N-dealkylation sites (tertiary alicyclic amines) is 1. The van der Waals surface area contributed by atoms with Crippen LogP contribution in [0.15, 0.2) is 24.3 Å². The van der Waals surface area contributed by atoms with Crippen LogP contribution in [0.5, 0.6) is 0 Å². The molecule has 0 atom stereocenters. The number of carbonyl (C=O) groups excluding carboxylic acids is 1. The van der Waals surface area contributed by atoms with Gasteiger partial charge in [-0.15, -0.1) is 0 Å². The van der Waals surface area contributed by atoms with Crippen LogP contribution >= 0.6 is 0 Å². The lowest BCUT2D eigenvalue weighted by atomic mass is 9.87. The van der Waals surface area contributed by atoms with Crippen LogP contribution in [-0.2, 0) is 16.8 Å². The fraction of sp³-hybridized carbons (Fsp3) is 0.731. The minimum atomic E-state index is 0.170. The fourth-order valence-electron chi connectivity index (χ4n) is 4.85. The highest BCUT2D eigenvalue weighted by Crippen LogP contribution is 2.29. The van der Waals surface area contributed by atoms with Gasteiger partial charge in [-0.2, -0.15) is 0 Å².